The molecule has 4 rings (SSSR count). The minimum atomic E-state index is 0.234. The molecule has 3 aromatic heterocycles. The van der Waals surface area contributed by atoms with Crippen LogP contribution in [0.5, 0.6) is 0 Å². The number of likely N-dealkylation sites (tertiary alicyclic amines) is 1. The summed E-state index contributed by atoms with van der Waals surface area (Å²) in [4.78, 5) is 11.9. The smallest absolute Gasteiger partial charge is 0.154 e. The van der Waals surface area contributed by atoms with Crippen molar-refractivity contribution in [3.8, 4) is 12.1 Å². The highest BCUT2D eigenvalue weighted by Gasteiger charge is 2.34. The number of nitrogens with zero attached hydrogens (tertiary/aromatic N) is 6. The number of nitrogens with one attached hydrogen (secondary N) is 3. The normalized spacial score (nSPS) is 20.6. The molecule has 2 atom stereocenters. The number of pyridine rings is 2. The van der Waals surface area contributed by atoms with E-state index in [1.165, 1.54) is 0 Å². The van der Waals surface area contributed by atoms with Gasteiger partial charge in [-0.05, 0) is 44.7 Å². The molecule has 0 spiro atoms. The van der Waals surface area contributed by atoms with E-state index < -0.39 is 0 Å². The summed E-state index contributed by atoms with van der Waals surface area (Å²) in [6.07, 6.45) is 6.28. The molecule has 3 N–H and O–H groups in total. The van der Waals surface area contributed by atoms with Gasteiger partial charge >= 0.3 is 0 Å². The van der Waals surface area contributed by atoms with Gasteiger partial charge in [0.1, 0.15) is 17.5 Å². The lowest BCUT2D eigenvalue weighted by atomic mass is 9.88. The Morgan fingerprint density at radius 2 is 1.94 bits per heavy atom. The fraction of sp³-hybridized carbons (Fsp3) is 0.480. The van der Waals surface area contributed by atoms with E-state index >= 15 is 0 Å². The lowest BCUT2D eigenvalue weighted by Gasteiger charge is -2.45. The topological polar surface area (TPSA) is 129 Å². The minimum Gasteiger partial charge on any atom is -0.367 e. The molecule has 3 aromatic rings. The number of hydrogen-bond donors (Lipinski definition) is 3. The molecule has 9 heteroatoms. The van der Waals surface area contributed by atoms with Crippen LogP contribution in [0, 0.1) is 29.6 Å². The number of fused-ring (bicyclic) bond motifs is 1. The predicted octanol–water partition coefficient (Wildman–Crippen LogP) is 4.62. The van der Waals surface area contributed by atoms with Crippen molar-refractivity contribution in [3.05, 3.63) is 35.7 Å². The highest BCUT2D eigenvalue weighted by molar-refractivity contribution is 5.96. The van der Waals surface area contributed by atoms with Crippen molar-refractivity contribution < 1.29 is 0 Å². The Bertz CT molecular complexity index is 1210. The van der Waals surface area contributed by atoms with Crippen molar-refractivity contribution in [2.24, 2.45) is 0 Å². The zero-order chi connectivity index (χ0) is 24.1. The van der Waals surface area contributed by atoms with E-state index in [2.05, 4.69) is 56.7 Å². The second kappa shape index (κ2) is 10.5. The summed E-state index contributed by atoms with van der Waals surface area (Å²) in [6, 6.07) is 11.3. The van der Waals surface area contributed by atoms with Gasteiger partial charge in [0, 0.05) is 54.4 Å². The van der Waals surface area contributed by atoms with E-state index in [0.29, 0.717) is 41.2 Å². The number of piperidine rings is 1. The molecule has 2 unspecified atom stereocenters. The summed E-state index contributed by atoms with van der Waals surface area (Å²) in [6.45, 7) is 7.17. The number of anilines is 3. The quantitative estimate of drug-likeness (QED) is 0.447. The zero-order valence-electron chi connectivity index (χ0n) is 20.0. The molecule has 0 aliphatic carbocycles. The number of aromatic nitrogens is 4. The van der Waals surface area contributed by atoms with Crippen LogP contribution < -0.4 is 10.6 Å². The molecule has 0 amide bonds. The Labute approximate surface area is 200 Å². The van der Waals surface area contributed by atoms with E-state index in [-0.39, 0.29) is 6.04 Å². The summed E-state index contributed by atoms with van der Waals surface area (Å²) in [5.41, 5.74) is 1.92. The Morgan fingerprint density at radius 3 is 2.56 bits per heavy atom. The SMILES string of the molecule is CCC1CC(Nc2nc(Nc3cc(C)[nH]n3)c(C#N)c3ncccc23)CC(CC)N1CCC#N. The maximum absolute atomic E-state index is 9.90. The maximum Gasteiger partial charge on any atom is 0.154 e. The summed E-state index contributed by atoms with van der Waals surface area (Å²) in [5, 5.41) is 33.8. The van der Waals surface area contributed by atoms with E-state index in [9.17, 15) is 5.26 Å². The van der Waals surface area contributed by atoms with Crippen molar-refractivity contribution in [1.82, 2.24) is 25.1 Å². The largest absolute Gasteiger partial charge is 0.367 e. The van der Waals surface area contributed by atoms with Crippen LogP contribution in [0.3, 0.4) is 0 Å². The van der Waals surface area contributed by atoms with Crippen molar-refractivity contribution in [2.75, 3.05) is 17.2 Å². The lowest BCUT2D eigenvalue weighted by molar-refractivity contribution is 0.0735. The molecular formula is C25H31N9. The van der Waals surface area contributed by atoms with Gasteiger partial charge in [0.15, 0.2) is 11.6 Å². The van der Waals surface area contributed by atoms with Crippen LogP contribution in [-0.2, 0) is 0 Å². The molecule has 4 heterocycles. The average molecular weight is 458 g/mol. The number of H-pyrrole nitrogens is 1. The predicted molar refractivity (Wildman–Crippen MR) is 133 cm³/mol. The average Bonchev–Trinajstić information content (AvgIpc) is 3.27. The van der Waals surface area contributed by atoms with E-state index in [1.54, 1.807) is 6.20 Å². The maximum atomic E-state index is 9.90. The van der Waals surface area contributed by atoms with Crippen LogP contribution in [0.4, 0.5) is 17.5 Å². The molecule has 0 saturated carbocycles. The van der Waals surface area contributed by atoms with Crippen LogP contribution >= 0.6 is 0 Å². The summed E-state index contributed by atoms with van der Waals surface area (Å²) < 4.78 is 0. The number of rotatable bonds is 8. The third-order valence-corrected chi connectivity index (χ3v) is 6.64. The third-order valence-electron chi connectivity index (χ3n) is 6.64. The fourth-order valence-electron chi connectivity index (χ4n) is 5.03. The summed E-state index contributed by atoms with van der Waals surface area (Å²) in [5.74, 6) is 1.76. The molecule has 9 nitrogen and oxygen atoms in total. The van der Waals surface area contributed by atoms with Gasteiger partial charge in [-0.3, -0.25) is 15.0 Å². The van der Waals surface area contributed by atoms with E-state index in [0.717, 1.165) is 49.1 Å². The molecular weight excluding hydrogens is 426 g/mol. The molecule has 1 aliphatic heterocycles. The first kappa shape index (κ1) is 23.5. The second-order valence-electron chi connectivity index (χ2n) is 8.84. The second-order valence-corrected chi connectivity index (χ2v) is 8.84. The van der Waals surface area contributed by atoms with Gasteiger partial charge in [-0.2, -0.15) is 15.6 Å². The van der Waals surface area contributed by atoms with Crippen LogP contribution in [0.2, 0.25) is 0 Å². The number of hydrogen-bond acceptors (Lipinski definition) is 8. The zero-order valence-corrected chi connectivity index (χ0v) is 20.0. The third kappa shape index (κ3) is 4.80. The highest BCUT2D eigenvalue weighted by Crippen LogP contribution is 2.33. The Hall–Kier alpha value is -3.69. The van der Waals surface area contributed by atoms with Crippen LogP contribution in [-0.4, -0.2) is 49.7 Å². The first-order valence-electron chi connectivity index (χ1n) is 11.9. The van der Waals surface area contributed by atoms with Crippen molar-refractivity contribution in [1.29, 1.82) is 10.5 Å². The van der Waals surface area contributed by atoms with Gasteiger partial charge in [-0.15, -0.1) is 0 Å². The van der Waals surface area contributed by atoms with E-state index in [4.69, 9.17) is 10.2 Å². The van der Waals surface area contributed by atoms with Crippen molar-refractivity contribution in [3.63, 3.8) is 0 Å². The van der Waals surface area contributed by atoms with Gasteiger partial charge < -0.3 is 10.6 Å². The van der Waals surface area contributed by atoms with Gasteiger partial charge in [-0.1, -0.05) is 13.8 Å². The fourth-order valence-corrected chi connectivity index (χ4v) is 5.03. The molecule has 1 fully saturated rings. The van der Waals surface area contributed by atoms with Crippen molar-refractivity contribution >= 4 is 28.4 Å². The van der Waals surface area contributed by atoms with Crippen LogP contribution in [0.25, 0.3) is 10.9 Å². The monoisotopic (exact) mass is 457 g/mol. The number of aryl methyl sites for hydroxylation is 1. The Morgan fingerprint density at radius 1 is 1.18 bits per heavy atom. The number of aromatic amines is 1. The Balaban J connectivity index is 1.67. The van der Waals surface area contributed by atoms with Gasteiger partial charge in [0.05, 0.1) is 11.6 Å². The first-order valence-corrected chi connectivity index (χ1v) is 11.9. The molecule has 34 heavy (non-hydrogen) atoms. The van der Waals surface area contributed by atoms with E-state index in [1.807, 2.05) is 25.1 Å². The molecule has 176 valence electrons. The standard InChI is InChI=1S/C25H31N9/c1-4-18-13-17(14-19(5-2)34(18)11-7-9-26)29-24-20-8-6-10-28-23(20)21(15-27)25(31-24)30-22-12-16(3)32-33-22/h6,8,10,12,17-19H,4-5,7,11,13-14H2,1-3H3,(H3,29,30,31,32,33). The first-order chi connectivity index (χ1) is 16.6. The molecule has 0 bridgehead atoms. The van der Waals surface area contributed by atoms with Crippen LogP contribution in [0.1, 0.15) is 57.2 Å². The molecule has 0 aromatic carbocycles. The highest BCUT2D eigenvalue weighted by atomic mass is 15.2. The lowest BCUT2D eigenvalue weighted by Crippen LogP contribution is -2.52. The Kier molecular flexibility index (Phi) is 7.24. The molecule has 1 saturated heterocycles. The van der Waals surface area contributed by atoms with Gasteiger partial charge in [0.25, 0.3) is 0 Å². The minimum absolute atomic E-state index is 0.234. The summed E-state index contributed by atoms with van der Waals surface area (Å²) in [7, 11) is 0. The van der Waals surface area contributed by atoms with Crippen LogP contribution in [0.15, 0.2) is 24.4 Å². The number of nitriles is 2. The molecule has 0 radical (unpaired) electrons. The molecule has 1 aliphatic rings. The van der Waals surface area contributed by atoms with Crippen molar-refractivity contribution in [2.45, 2.75) is 71.0 Å². The summed E-state index contributed by atoms with van der Waals surface area (Å²) >= 11 is 0. The van der Waals surface area contributed by atoms with Gasteiger partial charge in [0.2, 0.25) is 0 Å². The van der Waals surface area contributed by atoms with Gasteiger partial charge in [-0.25, -0.2) is 4.98 Å².